The summed E-state index contributed by atoms with van der Waals surface area (Å²) >= 11 is 0. The maximum absolute atomic E-state index is 14.4. The summed E-state index contributed by atoms with van der Waals surface area (Å²) in [5.41, 5.74) is 0.393. The number of aromatic nitrogens is 2. The molecule has 0 saturated carbocycles. The van der Waals surface area contributed by atoms with Gasteiger partial charge in [0.2, 0.25) is 5.91 Å². The Morgan fingerprint density at radius 2 is 2.22 bits per heavy atom. The van der Waals surface area contributed by atoms with E-state index in [1.165, 1.54) is 6.07 Å². The van der Waals surface area contributed by atoms with Gasteiger partial charge in [0.05, 0.1) is 18.3 Å². The van der Waals surface area contributed by atoms with Crippen molar-refractivity contribution in [3.8, 4) is 17.0 Å². The zero-order valence-electron chi connectivity index (χ0n) is 15.5. The van der Waals surface area contributed by atoms with E-state index in [1.807, 2.05) is 14.0 Å². The molecule has 1 aromatic heterocycles. The van der Waals surface area contributed by atoms with Crippen LogP contribution in [-0.2, 0) is 4.79 Å². The van der Waals surface area contributed by atoms with Gasteiger partial charge in [0, 0.05) is 25.4 Å². The third-order valence-electron chi connectivity index (χ3n) is 5.45. The third kappa shape index (κ3) is 3.16. The molecule has 4 rings (SSSR count). The van der Waals surface area contributed by atoms with Gasteiger partial charge in [0.1, 0.15) is 22.9 Å². The van der Waals surface area contributed by atoms with Crippen LogP contribution in [0.15, 0.2) is 30.5 Å². The quantitative estimate of drug-likeness (QED) is 0.896. The molecule has 0 bridgehead atoms. The monoisotopic (exact) mass is 370 g/mol. The zero-order chi connectivity index (χ0) is 19.0. The normalized spacial score (nSPS) is 24.8. The molecule has 1 N–H and O–H groups in total. The molecule has 2 aromatic rings. The first-order valence-electron chi connectivity index (χ1n) is 9.31. The second-order valence-corrected chi connectivity index (χ2v) is 7.17. The highest BCUT2D eigenvalue weighted by Gasteiger charge is 2.50. The van der Waals surface area contributed by atoms with Gasteiger partial charge in [-0.25, -0.2) is 14.4 Å². The van der Waals surface area contributed by atoms with Crippen molar-refractivity contribution in [2.75, 3.05) is 20.2 Å². The predicted molar refractivity (Wildman–Crippen MR) is 98.7 cm³/mol. The fourth-order valence-corrected chi connectivity index (χ4v) is 4.01. The Kier molecular flexibility index (Phi) is 4.55. The van der Waals surface area contributed by atoms with E-state index in [9.17, 15) is 9.18 Å². The van der Waals surface area contributed by atoms with Crippen LogP contribution in [0.3, 0.4) is 0 Å². The molecule has 142 valence electrons. The minimum atomic E-state index is -0.501. The average Bonchev–Trinajstić information content (AvgIpc) is 3.24. The summed E-state index contributed by atoms with van der Waals surface area (Å²) in [6.45, 7) is 3.15. The molecule has 27 heavy (non-hydrogen) atoms. The maximum Gasteiger partial charge on any atom is 0.242 e. The number of carbonyl (C=O) groups excluding carboxylic acids is 1. The highest BCUT2D eigenvalue weighted by Crippen LogP contribution is 2.38. The van der Waals surface area contributed by atoms with Crippen molar-refractivity contribution in [1.29, 1.82) is 0 Å². The van der Waals surface area contributed by atoms with Crippen molar-refractivity contribution in [2.45, 2.75) is 37.8 Å². The van der Waals surface area contributed by atoms with Gasteiger partial charge in [0.25, 0.3) is 0 Å². The fraction of sp³-hybridized carbons (Fsp3) is 0.450. The smallest absolute Gasteiger partial charge is 0.242 e. The summed E-state index contributed by atoms with van der Waals surface area (Å²) < 4.78 is 19.8. The Bertz CT molecular complexity index is 875. The van der Waals surface area contributed by atoms with Crippen LogP contribution in [0.25, 0.3) is 11.3 Å². The largest absolute Gasteiger partial charge is 0.494 e. The van der Waals surface area contributed by atoms with Crippen LogP contribution in [0.5, 0.6) is 5.75 Å². The number of halogens is 1. The molecular formula is C20H23FN4O2. The molecule has 2 aliphatic rings. The lowest BCUT2D eigenvalue weighted by molar-refractivity contribution is -0.131. The molecule has 1 aromatic carbocycles. The van der Waals surface area contributed by atoms with Gasteiger partial charge in [-0.1, -0.05) is 0 Å². The SMILES string of the molecule is CCOc1ccc(F)c(-c2ccnc([C@H]3CC[C@]4(CCN(C)C4=O)N3)n2)c1. The first kappa shape index (κ1) is 17.9. The summed E-state index contributed by atoms with van der Waals surface area (Å²) in [6, 6.07) is 6.23. The number of benzene rings is 1. The summed E-state index contributed by atoms with van der Waals surface area (Å²) in [6.07, 6.45) is 3.98. The number of nitrogens with zero attached hydrogens (tertiary/aromatic N) is 3. The van der Waals surface area contributed by atoms with Crippen LogP contribution in [-0.4, -0.2) is 46.5 Å². The second-order valence-electron chi connectivity index (χ2n) is 7.17. The molecule has 1 amide bonds. The minimum absolute atomic E-state index is 0.112. The molecule has 0 unspecified atom stereocenters. The highest BCUT2D eigenvalue weighted by atomic mass is 19.1. The number of likely N-dealkylation sites (N-methyl/N-ethyl adjacent to an activating group) is 1. The summed E-state index contributed by atoms with van der Waals surface area (Å²) in [4.78, 5) is 23.2. The molecule has 7 heteroatoms. The molecular weight excluding hydrogens is 347 g/mol. The number of hydrogen-bond acceptors (Lipinski definition) is 5. The van der Waals surface area contributed by atoms with Gasteiger partial charge in [-0.2, -0.15) is 0 Å². The zero-order valence-corrected chi connectivity index (χ0v) is 15.5. The van der Waals surface area contributed by atoms with Crippen LogP contribution < -0.4 is 10.1 Å². The van der Waals surface area contributed by atoms with Crippen molar-refractivity contribution in [3.05, 3.63) is 42.1 Å². The molecule has 2 fully saturated rings. The van der Waals surface area contributed by atoms with Crippen LogP contribution in [0, 0.1) is 5.82 Å². The van der Waals surface area contributed by atoms with Crippen molar-refractivity contribution in [2.24, 2.45) is 0 Å². The van der Waals surface area contributed by atoms with Crippen LogP contribution >= 0.6 is 0 Å². The van der Waals surface area contributed by atoms with Crippen LogP contribution in [0.4, 0.5) is 4.39 Å². The van der Waals surface area contributed by atoms with E-state index in [4.69, 9.17) is 4.74 Å². The third-order valence-corrected chi connectivity index (χ3v) is 5.45. The topological polar surface area (TPSA) is 67.3 Å². The number of ether oxygens (including phenoxy) is 1. The molecule has 0 aliphatic carbocycles. The van der Waals surface area contributed by atoms with Gasteiger partial charge >= 0.3 is 0 Å². The van der Waals surface area contributed by atoms with Gasteiger partial charge < -0.3 is 9.64 Å². The summed E-state index contributed by atoms with van der Waals surface area (Å²) in [5.74, 6) is 0.975. The molecule has 2 atom stereocenters. The lowest BCUT2D eigenvalue weighted by Crippen LogP contribution is -2.47. The van der Waals surface area contributed by atoms with Gasteiger partial charge in [-0.05, 0) is 50.5 Å². The number of amides is 1. The lowest BCUT2D eigenvalue weighted by Gasteiger charge is -2.23. The van der Waals surface area contributed by atoms with Gasteiger partial charge in [-0.15, -0.1) is 0 Å². The average molecular weight is 370 g/mol. The van der Waals surface area contributed by atoms with E-state index in [1.54, 1.807) is 29.3 Å². The molecule has 3 heterocycles. The molecule has 2 aliphatic heterocycles. The lowest BCUT2D eigenvalue weighted by atomic mass is 9.96. The van der Waals surface area contributed by atoms with Crippen molar-refractivity contribution >= 4 is 5.91 Å². The predicted octanol–water partition coefficient (Wildman–Crippen LogP) is 2.71. The first-order valence-corrected chi connectivity index (χ1v) is 9.31. The van der Waals surface area contributed by atoms with E-state index in [0.717, 1.165) is 25.8 Å². The number of likely N-dealkylation sites (tertiary alicyclic amines) is 1. The van der Waals surface area contributed by atoms with Crippen LogP contribution in [0.1, 0.15) is 38.1 Å². The molecule has 6 nitrogen and oxygen atoms in total. The Labute approximate surface area is 157 Å². The number of carbonyl (C=O) groups is 1. The Balaban J connectivity index is 1.61. The number of nitrogens with one attached hydrogen (secondary N) is 1. The number of hydrogen-bond donors (Lipinski definition) is 1. The summed E-state index contributed by atoms with van der Waals surface area (Å²) in [5, 5.41) is 3.45. The van der Waals surface area contributed by atoms with E-state index in [0.29, 0.717) is 29.4 Å². The van der Waals surface area contributed by atoms with E-state index >= 15 is 0 Å². The standard InChI is InChI=1S/C20H23FN4O2/c1-3-27-13-4-5-15(21)14(12-13)16-7-10-22-18(23-16)17-6-8-20(24-17)9-11-25(2)19(20)26/h4-5,7,10,12,17,24H,3,6,8-9,11H2,1-2H3/t17-,20-/m1/s1. The fourth-order valence-electron chi connectivity index (χ4n) is 4.01. The molecule has 0 radical (unpaired) electrons. The van der Waals surface area contributed by atoms with Crippen molar-refractivity contribution in [1.82, 2.24) is 20.2 Å². The highest BCUT2D eigenvalue weighted by molar-refractivity contribution is 5.88. The van der Waals surface area contributed by atoms with Crippen molar-refractivity contribution in [3.63, 3.8) is 0 Å². The Morgan fingerprint density at radius 3 is 2.96 bits per heavy atom. The Hall–Kier alpha value is -2.54. The minimum Gasteiger partial charge on any atom is -0.494 e. The van der Waals surface area contributed by atoms with E-state index in [-0.39, 0.29) is 17.8 Å². The van der Waals surface area contributed by atoms with Crippen LogP contribution in [0.2, 0.25) is 0 Å². The van der Waals surface area contributed by atoms with Crippen molar-refractivity contribution < 1.29 is 13.9 Å². The Morgan fingerprint density at radius 1 is 1.37 bits per heavy atom. The number of rotatable bonds is 4. The van der Waals surface area contributed by atoms with E-state index in [2.05, 4.69) is 15.3 Å². The van der Waals surface area contributed by atoms with Gasteiger partial charge in [-0.3, -0.25) is 10.1 Å². The maximum atomic E-state index is 14.4. The molecule has 1 spiro atoms. The molecule has 2 saturated heterocycles. The second kappa shape index (κ2) is 6.88. The first-order chi connectivity index (χ1) is 13.0. The van der Waals surface area contributed by atoms with Gasteiger partial charge in [0.15, 0.2) is 0 Å². The summed E-state index contributed by atoms with van der Waals surface area (Å²) in [7, 11) is 1.83. The van der Waals surface area contributed by atoms with E-state index < -0.39 is 5.54 Å².